The van der Waals surface area contributed by atoms with Crippen LogP contribution in [0.3, 0.4) is 0 Å². The first kappa shape index (κ1) is 11.9. The molecule has 1 unspecified atom stereocenters. The Morgan fingerprint density at radius 3 is 2.00 bits per heavy atom. The molecule has 0 bridgehead atoms. The van der Waals surface area contributed by atoms with Gasteiger partial charge in [-0.05, 0) is 13.8 Å². The molecule has 3 heteroatoms. The van der Waals surface area contributed by atoms with E-state index in [2.05, 4.69) is 0 Å². The van der Waals surface area contributed by atoms with E-state index in [9.17, 15) is 5.11 Å². The average Bonchev–Trinajstić information content (AvgIpc) is 2.31. The highest BCUT2D eigenvalue weighted by Gasteiger charge is 2.42. The van der Waals surface area contributed by atoms with Gasteiger partial charge in [-0.1, -0.05) is 20.8 Å². The number of rotatable bonds is 1. The van der Waals surface area contributed by atoms with Gasteiger partial charge < -0.3 is 14.6 Å². The van der Waals surface area contributed by atoms with E-state index >= 15 is 0 Å². The first-order chi connectivity index (χ1) is 5.47. The molecule has 1 heterocycles. The predicted molar refractivity (Wildman–Crippen MR) is 47.7 cm³/mol. The Morgan fingerprint density at radius 2 is 1.83 bits per heavy atom. The molecule has 1 fully saturated rings. The lowest BCUT2D eigenvalue weighted by atomic mass is 10.2. The molecule has 1 rings (SSSR count). The van der Waals surface area contributed by atoms with Crippen molar-refractivity contribution in [3.8, 4) is 0 Å². The largest absolute Gasteiger partial charge is 0.364 e. The molecular formula is C9H20O3. The van der Waals surface area contributed by atoms with Crippen LogP contribution in [-0.4, -0.2) is 23.3 Å². The molecule has 74 valence electrons. The summed E-state index contributed by atoms with van der Waals surface area (Å²) in [5.41, 5.74) is 0. The molecule has 0 spiro atoms. The smallest absolute Gasteiger partial charge is 0.192 e. The Bertz CT molecular complexity index is 134. The monoisotopic (exact) mass is 176 g/mol. The highest BCUT2D eigenvalue weighted by Crippen LogP contribution is 2.30. The number of hydrogen-bond donors (Lipinski definition) is 1. The molecule has 1 aliphatic rings. The van der Waals surface area contributed by atoms with Gasteiger partial charge in [0.05, 0.1) is 0 Å². The molecule has 1 atom stereocenters. The third-order valence-corrected chi connectivity index (χ3v) is 1.63. The molecule has 1 saturated heterocycles. The van der Waals surface area contributed by atoms with Gasteiger partial charge in [-0.3, -0.25) is 0 Å². The zero-order chi connectivity index (χ0) is 9.83. The molecule has 0 aromatic heterocycles. The van der Waals surface area contributed by atoms with E-state index in [1.165, 1.54) is 0 Å². The summed E-state index contributed by atoms with van der Waals surface area (Å²) in [5.74, 6) is -1.67. The van der Waals surface area contributed by atoms with Crippen LogP contribution in [-0.2, 0) is 9.47 Å². The molecular weight excluding hydrogens is 156 g/mol. The third-order valence-electron chi connectivity index (χ3n) is 1.63. The summed E-state index contributed by atoms with van der Waals surface area (Å²) in [6.07, 6.45) is 0.566. The fraction of sp³-hybridized carbons (Fsp3) is 1.00. The van der Waals surface area contributed by atoms with Crippen LogP contribution in [0.5, 0.6) is 0 Å². The Balaban J connectivity index is 0.000000561. The first-order valence-corrected chi connectivity index (χ1v) is 4.54. The highest BCUT2D eigenvalue weighted by atomic mass is 16.8. The molecule has 1 N–H and O–H groups in total. The second kappa shape index (κ2) is 4.21. The lowest BCUT2D eigenvalue weighted by Gasteiger charge is -2.21. The van der Waals surface area contributed by atoms with Crippen molar-refractivity contribution >= 4 is 0 Å². The standard InChI is InChI=1S/C7H14O3.C2H6/c1-4-7(8)5-9-6(2,3)10-7;1-2/h8H,4-5H2,1-3H3;1-2H3. The molecule has 0 aliphatic carbocycles. The summed E-state index contributed by atoms with van der Waals surface area (Å²) in [6, 6.07) is 0. The van der Waals surface area contributed by atoms with Gasteiger partial charge in [-0.25, -0.2) is 0 Å². The van der Waals surface area contributed by atoms with Crippen LogP contribution in [0.2, 0.25) is 0 Å². The quantitative estimate of drug-likeness (QED) is 0.663. The maximum Gasteiger partial charge on any atom is 0.192 e. The van der Waals surface area contributed by atoms with Crippen LogP contribution in [0.25, 0.3) is 0 Å². The Labute approximate surface area is 74.7 Å². The van der Waals surface area contributed by atoms with E-state index < -0.39 is 11.6 Å². The van der Waals surface area contributed by atoms with E-state index in [1.54, 1.807) is 13.8 Å². The van der Waals surface area contributed by atoms with Crippen LogP contribution in [0.15, 0.2) is 0 Å². The van der Waals surface area contributed by atoms with Crippen LogP contribution >= 0.6 is 0 Å². The number of ether oxygens (including phenoxy) is 2. The van der Waals surface area contributed by atoms with Crippen LogP contribution < -0.4 is 0 Å². The van der Waals surface area contributed by atoms with Crippen molar-refractivity contribution in [1.29, 1.82) is 0 Å². The van der Waals surface area contributed by atoms with Crippen molar-refractivity contribution in [1.82, 2.24) is 0 Å². The van der Waals surface area contributed by atoms with Gasteiger partial charge in [0.2, 0.25) is 0 Å². The van der Waals surface area contributed by atoms with Crippen LogP contribution in [0, 0.1) is 0 Å². The van der Waals surface area contributed by atoms with Crippen LogP contribution in [0.4, 0.5) is 0 Å². The Morgan fingerprint density at radius 1 is 1.33 bits per heavy atom. The molecule has 3 nitrogen and oxygen atoms in total. The maximum atomic E-state index is 9.49. The van der Waals surface area contributed by atoms with Gasteiger partial charge in [0.15, 0.2) is 11.6 Å². The Kier molecular flexibility index (Phi) is 4.17. The van der Waals surface area contributed by atoms with Crippen molar-refractivity contribution in [2.45, 2.75) is 52.6 Å². The molecule has 0 aromatic carbocycles. The topological polar surface area (TPSA) is 38.7 Å². The molecule has 0 radical (unpaired) electrons. The predicted octanol–water partition coefficient (Wildman–Crippen LogP) is 1.89. The fourth-order valence-electron chi connectivity index (χ4n) is 0.977. The zero-order valence-electron chi connectivity index (χ0n) is 8.68. The van der Waals surface area contributed by atoms with Crippen molar-refractivity contribution in [3.63, 3.8) is 0 Å². The average molecular weight is 176 g/mol. The molecule has 1 aliphatic heterocycles. The van der Waals surface area contributed by atoms with Crippen LogP contribution in [0.1, 0.15) is 41.0 Å². The van der Waals surface area contributed by atoms with Crippen molar-refractivity contribution in [2.24, 2.45) is 0 Å². The van der Waals surface area contributed by atoms with Crippen molar-refractivity contribution < 1.29 is 14.6 Å². The maximum absolute atomic E-state index is 9.49. The summed E-state index contributed by atoms with van der Waals surface area (Å²) in [4.78, 5) is 0. The summed E-state index contributed by atoms with van der Waals surface area (Å²) in [7, 11) is 0. The van der Waals surface area contributed by atoms with Gasteiger partial charge in [0.1, 0.15) is 6.61 Å². The SMILES string of the molecule is CC.CCC1(O)COC(C)(C)O1. The van der Waals surface area contributed by atoms with E-state index in [4.69, 9.17) is 9.47 Å². The molecule has 12 heavy (non-hydrogen) atoms. The van der Waals surface area contributed by atoms with Gasteiger partial charge in [0, 0.05) is 6.42 Å². The van der Waals surface area contributed by atoms with E-state index in [-0.39, 0.29) is 6.61 Å². The normalized spacial score (nSPS) is 32.5. The third kappa shape index (κ3) is 3.09. The molecule has 0 amide bonds. The second-order valence-corrected chi connectivity index (χ2v) is 3.09. The molecule has 0 aromatic rings. The minimum Gasteiger partial charge on any atom is -0.364 e. The highest BCUT2D eigenvalue weighted by molar-refractivity contribution is 4.75. The van der Waals surface area contributed by atoms with Gasteiger partial charge in [0.25, 0.3) is 0 Å². The van der Waals surface area contributed by atoms with Gasteiger partial charge in [-0.2, -0.15) is 0 Å². The van der Waals surface area contributed by atoms with E-state index in [0.717, 1.165) is 0 Å². The summed E-state index contributed by atoms with van der Waals surface area (Å²) >= 11 is 0. The molecule has 0 saturated carbocycles. The van der Waals surface area contributed by atoms with Gasteiger partial charge in [-0.15, -0.1) is 0 Å². The van der Waals surface area contributed by atoms with E-state index in [1.807, 2.05) is 20.8 Å². The first-order valence-electron chi connectivity index (χ1n) is 4.54. The summed E-state index contributed by atoms with van der Waals surface area (Å²) < 4.78 is 10.4. The fourth-order valence-corrected chi connectivity index (χ4v) is 0.977. The lowest BCUT2D eigenvalue weighted by molar-refractivity contribution is -0.230. The summed E-state index contributed by atoms with van der Waals surface area (Å²) in [6.45, 7) is 9.72. The Hall–Kier alpha value is -0.120. The zero-order valence-corrected chi connectivity index (χ0v) is 8.68. The van der Waals surface area contributed by atoms with Crippen molar-refractivity contribution in [3.05, 3.63) is 0 Å². The minimum atomic E-state index is -1.05. The van der Waals surface area contributed by atoms with Crippen molar-refractivity contribution in [2.75, 3.05) is 6.61 Å². The van der Waals surface area contributed by atoms with Gasteiger partial charge >= 0.3 is 0 Å². The minimum absolute atomic E-state index is 0.274. The number of hydrogen-bond acceptors (Lipinski definition) is 3. The lowest BCUT2D eigenvalue weighted by Crippen LogP contribution is -2.32. The summed E-state index contributed by atoms with van der Waals surface area (Å²) in [5, 5.41) is 9.49. The second-order valence-electron chi connectivity index (χ2n) is 3.09. The number of aliphatic hydroxyl groups is 1. The van der Waals surface area contributed by atoms with E-state index in [0.29, 0.717) is 6.42 Å².